The van der Waals surface area contributed by atoms with E-state index in [1.54, 1.807) is 13.4 Å². The van der Waals surface area contributed by atoms with Gasteiger partial charge in [-0.15, -0.1) is 0 Å². The lowest BCUT2D eigenvalue weighted by Gasteiger charge is -2.04. The molecule has 1 N–H and O–H groups in total. The van der Waals surface area contributed by atoms with Crippen molar-refractivity contribution in [3.8, 4) is 17.2 Å². The van der Waals surface area contributed by atoms with E-state index in [-0.39, 0.29) is 0 Å². The summed E-state index contributed by atoms with van der Waals surface area (Å²) in [5.74, 6) is 1.42. The van der Waals surface area contributed by atoms with E-state index in [4.69, 9.17) is 9.15 Å². The predicted molar refractivity (Wildman–Crippen MR) is 70.5 cm³/mol. The lowest BCUT2D eigenvalue weighted by atomic mass is 10.2. The third-order valence-electron chi connectivity index (χ3n) is 2.56. The van der Waals surface area contributed by atoms with Crippen molar-refractivity contribution in [2.45, 2.75) is 26.4 Å². The van der Waals surface area contributed by atoms with Gasteiger partial charge in [0.1, 0.15) is 12.0 Å². The van der Waals surface area contributed by atoms with Gasteiger partial charge in [-0.3, -0.25) is 0 Å². The first-order valence-electron chi connectivity index (χ1n) is 6.01. The summed E-state index contributed by atoms with van der Waals surface area (Å²) in [4.78, 5) is 4.44. The maximum Gasteiger partial charge on any atom is 0.226 e. The lowest BCUT2D eigenvalue weighted by molar-refractivity contribution is 0.414. The second-order valence-electron chi connectivity index (χ2n) is 4.41. The molecule has 0 aliphatic rings. The monoisotopic (exact) mass is 246 g/mol. The molecular weight excluding hydrogens is 228 g/mol. The van der Waals surface area contributed by atoms with Gasteiger partial charge in [0.15, 0.2) is 0 Å². The minimum atomic E-state index is 0.432. The highest BCUT2D eigenvalue weighted by atomic mass is 16.5. The Bertz CT molecular complexity index is 506. The largest absolute Gasteiger partial charge is 0.497 e. The highest BCUT2D eigenvalue weighted by Gasteiger charge is 2.07. The molecule has 1 aromatic heterocycles. The molecule has 0 unspecified atom stereocenters. The number of nitrogens with zero attached hydrogens (tertiary/aromatic N) is 1. The summed E-state index contributed by atoms with van der Waals surface area (Å²) in [6.07, 6.45) is 1.68. The first-order valence-corrected chi connectivity index (χ1v) is 6.01. The van der Waals surface area contributed by atoms with Crippen molar-refractivity contribution in [1.29, 1.82) is 0 Å². The molecule has 0 atom stereocenters. The van der Waals surface area contributed by atoms with E-state index in [9.17, 15) is 0 Å². The fourth-order valence-corrected chi connectivity index (χ4v) is 1.59. The zero-order valence-corrected chi connectivity index (χ0v) is 10.9. The Labute approximate surface area is 107 Å². The molecule has 0 bridgehead atoms. The summed E-state index contributed by atoms with van der Waals surface area (Å²) in [5.41, 5.74) is 1.83. The van der Waals surface area contributed by atoms with E-state index in [2.05, 4.69) is 24.1 Å². The Hall–Kier alpha value is -1.81. The maximum absolute atomic E-state index is 5.48. The molecule has 18 heavy (non-hydrogen) atoms. The van der Waals surface area contributed by atoms with Gasteiger partial charge < -0.3 is 14.5 Å². The van der Waals surface area contributed by atoms with Gasteiger partial charge in [0.05, 0.1) is 12.8 Å². The first-order chi connectivity index (χ1) is 8.69. The molecule has 0 aliphatic heterocycles. The van der Waals surface area contributed by atoms with Crippen molar-refractivity contribution in [2.75, 3.05) is 7.11 Å². The summed E-state index contributed by atoms with van der Waals surface area (Å²) >= 11 is 0. The number of rotatable bonds is 5. The fraction of sp³-hybridized carbons (Fsp3) is 0.357. The number of hydrogen-bond donors (Lipinski definition) is 1. The molecule has 1 aromatic carbocycles. The van der Waals surface area contributed by atoms with Gasteiger partial charge >= 0.3 is 0 Å². The van der Waals surface area contributed by atoms with Gasteiger partial charge in [0.25, 0.3) is 0 Å². The third kappa shape index (κ3) is 3.11. The number of nitrogens with one attached hydrogen (secondary N) is 1. The highest BCUT2D eigenvalue weighted by molar-refractivity contribution is 5.55. The van der Waals surface area contributed by atoms with Gasteiger partial charge in [0, 0.05) is 18.2 Å². The van der Waals surface area contributed by atoms with Crippen LogP contribution in [0.4, 0.5) is 0 Å². The van der Waals surface area contributed by atoms with Gasteiger partial charge in [-0.25, -0.2) is 4.98 Å². The average Bonchev–Trinajstić information content (AvgIpc) is 2.85. The topological polar surface area (TPSA) is 47.3 Å². The van der Waals surface area contributed by atoms with Crippen LogP contribution in [0.3, 0.4) is 0 Å². The molecule has 2 rings (SSSR count). The van der Waals surface area contributed by atoms with Gasteiger partial charge in [-0.05, 0) is 18.2 Å². The quantitative estimate of drug-likeness (QED) is 0.881. The van der Waals surface area contributed by atoms with E-state index in [0.29, 0.717) is 18.5 Å². The predicted octanol–water partition coefficient (Wildman–Crippen LogP) is 2.85. The Balaban J connectivity index is 2.13. The lowest BCUT2D eigenvalue weighted by Crippen LogP contribution is -2.21. The van der Waals surface area contributed by atoms with Crippen LogP contribution in [-0.2, 0) is 6.54 Å². The van der Waals surface area contributed by atoms with Crippen molar-refractivity contribution < 1.29 is 9.15 Å². The first kappa shape index (κ1) is 12.6. The fourth-order valence-electron chi connectivity index (χ4n) is 1.59. The number of oxazole rings is 1. The third-order valence-corrected chi connectivity index (χ3v) is 2.56. The second kappa shape index (κ2) is 5.69. The standard InChI is InChI=1S/C14H18N2O2/c1-10(2)15-8-12-9-18-14(16-12)11-5-4-6-13(7-11)17-3/h4-7,9-10,15H,8H2,1-3H3. The number of hydrogen-bond acceptors (Lipinski definition) is 4. The van der Waals surface area contributed by atoms with Crippen molar-refractivity contribution in [3.63, 3.8) is 0 Å². The Kier molecular flexibility index (Phi) is 3.99. The summed E-state index contributed by atoms with van der Waals surface area (Å²) in [6.45, 7) is 4.91. The van der Waals surface area contributed by atoms with E-state index in [1.165, 1.54) is 0 Å². The molecule has 0 spiro atoms. The van der Waals surface area contributed by atoms with Crippen molar-refractivity contribution in [2.24, 2.45) is 0 Å². The maximum atomic E-state index is 5.48. The van der Waals surface area contributed by atoms with Crippen LogP contribution in [0.2, 0.25) is 0 Å². The number of ether oxygens (including phenoxy) is 1. The minimum absolute atomic E-state index is 0.432. The zero-order chi connectivity index (χ0) is 13.0. The van der Waals surface area contributed by atoms with Crippen molar-refractivity contribution in [3.05, 3.63) is 36.2 Å². The molecule has 0 amide bonds. The van der Waals surface area contributed by atoms with Gasteiger partial charge in [0.2, 0.25) is 5.89 Å². The van der Waals surface area contributed by atoms with Crippen molar-refractivity contribution in [1.82, 2.24) is 10.3 Å². The van der Waals surface area contributed by atoms with Crippen LogP contribution < -0.4 is 10.1 Å². The molecule has 2 aromatic rings. The van der Waals surface area contributed by atoms with Crippen LogP contribution in [0, 0.1) is 0 Å². The van der Waals surface area contributed by atoms with Crippen LogP contribution >= 0.6 is 0 Å². The Morgan fingerprint density at radius 3 is 2.94 bits per heavy atom. The molecule has 0 fully saturated rings. The van der Waals surface area contributed by atoms with E-state index in [1.807, 2.05) is 24.3 Å². The van der Waals surface area contributed by atoms with Crippen molar-refractivity contribution >= 4 is 0 Å². The molecule has 0 saturated heterocycles. The van der Waals surface area contributed by atoms with E-state index >= 15 is 0 Å². The van der Waals surface area contributed by atoms with Crippen LogP contribution in [0.15, 0.2) is 34.9 Å². The molecular formula is C14H18N2O2. The smallest absolute Gasteiger partial charge is 0.226 e. The summed E-state index contributed by atoms with van der Waals surface area (Å²) in [7, 11) is 1.65. The molecule has 4 nitrogen and oxygen atoms in total. The SMILES string of the molecule is COc1cccc(-c2nc(CNC(C)C)co2)c1. The average molecular weight is 246 g/mol. The van der Waals surface area contributed by atoms with Gasteiger partial charge in [-0.2, -0.15) is 0 Å². The highest BCUT2D eigenvalue weighted by Crippen LogP contribution is 2.23. The van der Waals surface area contributed by atoms with E-state index < -0.39 is 0 Å². The van der Waals surface area contributed by atoms with Crippen LogP contribution in [0.1, 0.15) is 19.5 Å². The van der Waals surface area contributed by atoms with Crippen LogP contribution in [0.5, 0.6) is 5.75 Å². The normalized spacial score (nSPS) is 10.9. The number of methoxy groups -OCH3 is 1. The van der Waals surface area contributed by atoms with Crippen LogP contribution in [0.25, 0.3) is 11.5 Å². The molecule has 0 aliphatic carbocycles. The molecule has 4 heteroatoms. The van der Waals surface area contributed by atoms with E-state index in [0.717, 1.165) is 17.0 Å². The zero-order valence-electron chi connectivity index (χ0n) is 10.9. The summed E-state index contributed by atoms with van der Waals surface area (Å²) < 4.78 is 10.7. The van der Waals surface area contributed by atoms with Gasteiger partial charge in [-0.1, -0.05) is 19.9 Å². The molecule has 96 valence electrons. The summed E-state index contributed by atoms with van der Waals surface area (Å²) in [5, 5.41) is 3.30. The number of aromatic nitrogens is 1. The van der Waals surface area contributed by atoms with Crippen LogP contribution in [-0.4, -0.2) is 18.1 Å². The molecule has 1 heterocycles. The Morgan fingerprint density at radius 1 is 1.39 bits per heavy atom. The Morgan fingerprint density at radius 2 is 2.22 bits per heavy atom. The molecule has 0 saturated carbocycles. The second-order valence-corrected chi connectivity index (χ2v) is 4.41. The summed E-state index contributed by atoms with van der Waals surface area (Å²) in [6, 6.07) is 8.11. The molecule has 0 radical (unpaired) electrons. The number of benzene rings is 1. The minimum Gasteiger partial charge on any atom is -0.497 e.